The van der Waals surface area contributed by atoms with Crippen molar-refractivity contribution in [2.24, 2.45) is 10.7 Å². The highest BCUT2D eigenvalue weighted by Gasteiger charge is 2.06. The molecule has 3 rings (SSSR count). The Morgan fingerprint density at radius 1 is 1.38 bits per heavy atom. The maximum absolute atomic E-state index is 13.4. The molecule has 2 aromatic heterocycles. The zero-order valence-electron chi connectivity index (χ0n) is 13.1. The lowest BCUT2D eigenvalue weighted by molar-refractivity contribution is 0.625. The first-order chi connectivity index (χ1) is 11.7. The van der Waals surface area contributed by atoms with Gasteiger partial charge in [-0.1, -0.05) is 6.07 Å². The Labute approximate surface area is 138 Å². The summed E-state index contributed by atoms with van der Waals surface area (Å²) in [6, 6.07) is 6.55. The van der Waals surface area contributed by atoms with E-state index in [1.165, 1.54) is 18.3 Å². The second-order valence-corrected chi connectivity index (χ2v) is 5.20. The van der Waals surface area contributed by atoms with Crippen LogP contribution in [0.2, 0.25) is 0 Å². The van der Waals surface area contributed by atoms with Gasteiger partial charge in [-0.3, -0.25) is 4.99 Å². The Morgan fingerprint density at radius 3 is 3.08 bits per heavy atom. The van der Waals surface area contributed by atoms with Gasteiger partial charge in [0, 0.05) is 19.0 Å². The van der Waals surface area contributed by atoms with Crippen molar-refractivity contribution < 1.29 is 4.39 Å². The van der Waals surface area contributed by atoms with Gasteiger partial charge < -0.3 is 11.1 Å². The Kier molecular flexibility index (Phi) is 4.51. The number of aliphatic imine (C=N–C) groups is 1. The minimum absolute atomic E-state index is 0.249. The summed E-state index contributed by atoms with van der Waals surface area (Å²) in [5, 5.41) is 7.39. The average Bonchev–Trinajstić information content (AvgIpc) is 2.98. The zero-order chi connectivity index (χ0) is 16.9. The molecule has 0 aliphatic carbocycles. The van der Waals surface area contributed by atoms with Crippen LogP contribution in [0.25, 0.3) is 5.65 Å². The summed E-state index contributed by atoms with van der Waals surface area (Å²) in [5.41, 5.74) is 8.45. The number of anilines is 1. The molecule has 0 radical (unpaired) electrons. The summed E-state index contributed by atoms with van der Waals surface area (Å²) >= 11 is 0. The highest BCUT2D eigenvalue weighted by Crippen LogP contribution is 2.19. The molecule has 2 heterocycles. The number of aromatic nitrogens is 3. The smallest absolute Gasteiger partial charge is 0.183 e. The van der Waals surface area contributed by atoms with E-state index in [1.807, 2.05) is 13.0 Å². The number of hydrogen-bond donors (Lipinski definition) is 2. The Bertz CT molecular complexity index is 913. The van der Waals surface area contributed by atoms with Gasteiger partial charge in [-0.25, -0.2) is 13.9 Å². The molecule has 0 unspecified atom stereocenters. The van der Waals surface area contributed by atoms with E-state index >= 15 is 0 Å². The van der Waals surface area contributed by atoms with Crippen LogP contribution in [0.3, 0.4) is 0 Å². The zero-order valence-corrected chi connectivity index (χ0v) is 13.1. The Balaban J connectivity index is 1.82. The van der Waals surface area contributed by atoms with E-state index in [1.54, 1.807) is 35.3 Å². The normalized spacial score (nSPS) is 11.8. The first-order valence-corrected chi connectivity index (χ1v) is 7.41. The first kappa shape index (κ1) is 15.7. The number of aryl methyl sites for hydroxylation is 1. The number of benzene rings is 1. The molecule has 0 amide bonds. The lowest BCUT2D eigenvalue weighted by atomic mass is 10.1. The third kappa shape index (κ3) is 3.40. The largest absolute Gasteiger partial charge is 0.405 e. The summed E-state index contributed by atoms with van der Waals surface area (Å²) in [7, 11) is 0. The van der Waals surface area contributed by atoms with Crippen LogP contribution in [0.1, 0.15) is 11.1 Å². The summed E-state index contributed by atoms with van der Waals surface area (Å²) in [4.78, 5) is 8.76. The number of nitrogens with two attached hydrogens (primary N) is 1. The van der Waals surface area contributed by atoms with Crippen LogP contribution >= 0.6 is 0 Å². The van der Waals surface area contributed by atoms with Crippen molar-refractivity contribution in [3.63, 3.8) is 0 Å². The van der Waals surface area contributed by atoms with E-state index in [2.05, 4.69) is 20.4 Å². The second-order valence-electron chi connectivity index (χ2n) is 5.20. The van der Waals surface area contributed by atoms with Gasteiger partial charge in [0.1, 0.15) is 17.3 Å². The standard InChI is InChI=1S/C17H17FN6/c1-12-3-4-14(18)9-13(12)10-21-16-5-8-24-17(23-16)15(11-22-24)20-7-2-6-19/h2-9,11H,10,19H2,1H3,(H,21,23). The predicted molar refractivity (Wildman–Crippen MR) is 92.9 cm³/mol. The van der Waals surface area contributed by atoms with Crippen molar-refractivity contribution in [1.82, 2.24) is 14.6 Å². The highest BCUT2D eigenvalue weighted by molar-refractivity contribution is 5.78. The molecule has 0 fully saturated rings. The van der Waals surface area contributed by atoms with Crippen LogP contribution in [0.5, 0.6) is 0 Å². The number of nitrogens with one attached hydrogen (secondary N) is 1. The molecule has 6 nitrogen and oxygen atoms in total. The molecule has 0 aliphatic rings. The van der Waals surface area contributed by atoms with Crippen molar-refractivity contribution in [1.29, 1.82) is 0 Å². The topological polar surface area (TPSA) is 80.6 Å². The van der Waals surface area contributed by atoms with Gasteiger partial charge in [0.25, 0.3) is 0 Å². The Morgan fingerprint density at radius 2 is 2.25 bits per heavy atom. The van der Waals surface area contributed by atoms with Crippen LogP contribution in [0.4, 0.5) is 15.9 Å². The van der Waals surface area contributed by atoms with Gasteiger partial charge in [0.2, 0.25) is 0 Å². The summed E-state index contributed by atoms with van der Waals surface area (Å²) in [6.07, 6.45) is 8.02. The van der Waals surface area contributed by atoms with E-state index in [0.717, 1.165) is 11.1 Å². The van der Waals surface area contributed by atoms with Crippen molar-refractivity contribution in [3.05, 3.63) is 65.9 Å². The number of halogens is 1. The second kappa shape index (κ2) is 6.91. The average molecular weight is 324 g/mol. The van der Waals surface area contributed by atoms with Crippen LogP contribution in [0.15, 0.2) is 53.9 Å². The van der Waals surface area contributed by atoms with E-state index in [0.29, 0.717) is 23.7 Å². The quantitative estimate of drug-likeness (QED) is 0.707. The fraction of sp³-hybridized carbons (Fsp3) is 0.118. The molecule has 122 valence electrons. The number of fused-ring (bicyclic) bond motifs is 1. The molecule has 3 N–H and O–H groups in total. The van der Waals surface area contributed by atoms with Crippen molar-refractivity contribution >= 4 is 23.4 Å². The Hall–Kier alpha value is -3.22. The first-order valence-electron chi connectivity index (χ1n) is 7.41. The molecule has 0 saturated heterocycles. The van der Waals surface area contributed by atoms with Gasteiger partial charge in [0.05, 0.1) is 6.20 Å². The minimum atomic E-state index is -0.249. The molecule has 24 heavy (non-hydrogen) atoms. The molecule has 0 saturated carbocycles. The van der Waals surface area contributed by atoms with Crippen LogP contribution < -0.4 is 11.1 Å². The van der Waals surface area contributed by atoms with Crippen LogP contribution in [-0.2, 0) is 6.54 Å². The van der Waals surface area contributed by atoms with Gasteiger partial charge in [-0.15, -0.1) is 0 Å². The third-order valence-electron chi connectivity index (χ3n) is 3.53. The van der Waals surface area contributed by atoms with Crippen molar-refractivity contribution in [3.8, 4) is 0 Å². The number of hydrogen-bond acceptors (Lipinski definition) is 5. The van der Waals surface area contributed by atoms with Gasteiger partial charge in [-0.2, -0.15) is 5.10 Å². The molecule has 7 heteroatoms. The third-order valence-corrected chi connectivity index (χ3v) is 3.53. The minimum Gasteiger partial charge on any atom is -0.405 e. The van der Waals surface area contributed by atoms with Gasteiger partial charge in [0.15, 0.2) is 5.65 Å². The molecule has 0 spiro atoms. The summed E-state index contributed by atoms with van der Waals surface area (Å²) in [5.74, 6) is 0.415. The molecule has 0 atom stereocenters. The van der Waals surface area contributed by atoms with Crippen LogP contribution in [0, 0.1) is 12.7 Å². The molecular weight excluding hydrogens is 307 g/mol. The van der Waals surface area contributed by atoms with Gasteiger partial charge in [-0.05, 0) is 48.5 Å². The summed E-state index contributed by atoms with van der Waals surface area (Å²) < 4.78 is 15.0. The number of nitrogens with zero attached hydrogens (tertiary/aromatic N) is 4. The fourth-order valence-electron chi connectivity index (χ4n) is 2.24. The van der Waals surface area contributed by atoms with E-state index in [9.17, 15) is 4.39 Å². The maximum Gasteiger partial charge on any atom is 0.183 e. The predicted octanol–water partition coefficient (Wildman–Crippen LogP) is 2.96. The molecular formula is C17H17FN6. The lowest BCUT2D eigenvalue weighted by Crippen LogP contribution is -2.04. The number of allylic oxidation sites excluding steroid dienone is 1. The van der Waals surface area contributed by atoms with Gasteiger partial charge >= 0.3 is 0 Å². The van der Waals surface area contributed by atoms with E-state index in [4.69, 9.17) is 5.73 Å². The van der Waals surface area contributed by atoms with E-state index < -0.39 is 0 Å². The van der Waals surface area contributed by atoms with Crippen molar-refractivity contribution in [2.45, 2.75) is 13.5 Å². The monoisotopic (exact) mass is 324 g/mol. The van der Waals surface area contributed by atoms with Crippen molar-refractivity contribution in [2.75, 3.05) is 5.32 Å². The van der Waals surface area contributed by atoms with Crippen LogP contribution in [-0.4, -0.2) is 20.8 Å². The molecule has 0 aliphatic heterocycles. The highest BCUT2D eigenvalue weighted by atomic mass is 19.1. The fourth-order valence-corrected chi connectivity index (χ4v) is 2.24. The molecule has 3 aromatic rings. The van der Waals surface area contributed by atoms with E-state index in [-0.39, 0.29) is 5.82 Å². The maximum atomic E-state index is 13.4. The molecule has 0 bridgehead atoms. The number of rotatable bonds is 5. The SMILES string of the molecule is Cc1ccc(F)cc1CNc1ccn2ncc(N=CC=CN)c2n1. The lowest BCUT2D eigenvalue weighted by Gasteiger charge is -2.09. The summed E-state index contributed by atoms with van der Waals surface area (Å²) in [6.45, 7) is 2.43. The molecule has 1 aromatic carbocycles.